The molecular weight excluding hydrogens is 274 g/mol. The molecule has 0 spiro atoms. The molecule has 0 unspecified atom stereocenters. The minimum Gasteiger partial charge on any atom is -0.396 e. The number of sulfonamides is 1. The summed E-state index contributed by atoms with van der Waals surface area (Å²) in [6.07, 6.45) is 0.452. The summed E-state index contributed by atoms with van der Waals surface area (Å²) in [6.45, 7) is 8.83. The molecule has 0 aliphatic heterocycles. The maximum atomic E-state index is 12.5. The van der Waals surface area contributed by atoms with Crippen LogP contribution in [0.2, 0.25) is 0 Å². The lowest BCUT2D eigenvalue weighted by Gasteiger charge is -2.22. The highest BCUT2D eigenvalue weighted by Crippen LogP contribution is 2.24. The van der Waals surface area contributed by atoms with Gasteiger partial charge in [0.2, 0.25) is 10.0 Å². The van der Waals surface area contributed by atoms with Gasteiger partial charge >= 0.3 is 0 Å². The molecule has 0 amide bonds. The number of benzene rings is 1. The third-order valence-corrected chi connectivity index (χ3v) is 5.26. The summed E-state index contributed by atoms with van der Waals surface area (Å²) in [5, 5.41) is 8.85. The molecule has 0 aliphatic carbocycles. The smallest absolute Gasteiger partial charge is 0.243 e. The van der Waals surface area contributed by atoms with Crippen molar-refractivity contribution >= 4 is 10.0 Å². The van der Waals surface area contributed by atoms with Gasteiger partial charge in [-0.25, -0.2) is 8.42 Å². The summed E-state index contributed by atoms with van der Waals surface area (Å²) in [7, 11) is -3.46. The lowest BCUT2D eigenvalue weighted by atomic mass is 9.87. The Morgan fingerprint density at radius 1 is 1.15 bits per heavy atom. The van der Waals surface area contributed by atoms with E-state index < -0.39 is 10.0 Å². The Labute approximate surface area is 122 Å². The zero-order valence-electron chi connectivity index (χ0n) is 12.8. The number of aliphatic hydroxyl groups is 1. The first-order valence-corrected chi connectivity index (χ1v) is 8.39. The molecule has 0 bridgehead atoms. The van der Waals surface area contributed by atoms with Crippen LogP contribution in [0.3, 0.4) is 0 Å². The molecule has 0 atom stereocenters. The van der Waals surface area contributed by atoms with E-state index in [0.717, 1.165) is 5.56 Å². The lowest BCUT2D eigenvalue weighted by Crippen LogP contribution is -2.32. The average Bonchev–Trinajstić information content (AvgIpc) is 2.38. The molecule has 114 valence electrons. The summed E-state index contributed by atoms with van der Waals surface area (Å²) < 4.78 is 26.3. The normalized spacial score (nSPS) is 12.9. The first-order valence-electron chi connectivity index (χ1n) is 6.95. The van der Waals surface area contributed by atoms with Crippen LogP contribution in [0.25, 0.3) is 0 Å². The Morgan fingerprint density at radius 2 is 1.70 bits per heavy atom. The van der Waals surface area contributed by atoms with E-state index in [1.54, 1.807) is 19.1 Å². The van der Waals surface area contributed by atoms with E-state index in [9.17, 15) is 8.42 Å². The van der Waals surface area contributed by atoms with Crippen LogP contribution >= 0.6 is 0 Å². The summed E-state index contributed by atoms with van der Waals surface area (Å²) in [5.41, 5.74) is 1.11. The zero-order valence-corrected chi connectivity index (χ0v) is 13.6. The Hall–Kier alpha value is -0.910. The number of hydrogen-bond donors (Lipinski definition) is 1. The van der Waals surface area contributed by atoms with Gasteiger partial charge in [0, 0.05) is 19.7 Å². The van der Waals surface area contributed by atoms with Crippen molar-refractivity contribution in [3.8, 4) is 0 Å². The molecule has 0 fully saturated rings. The van der Waals surface area contributed by atoms with Gasteiger partial charge in [-0.1, -0.05) is 39.8 Å². The maximum absolute atomic E-state index is 12.5. The van der Waals surface area contributed by atoms with Gasteiger partial charge in [-0.2, -0.15) is 4.31 Å². The van der Waals surface area contributed by atoms with Crippen LogP contribution < -0.4 is 0 Å². The monoisotopic (exact) mass is 299 g/mol. The van der Waals surface area contributed by atoms with Gasteiger partial charge in [-0.05, 0) is 29.5 Å². The van der Waals surface area contributed by atoms with Crippen molar-refractivity contribution in [3.05, 3.63) is 29.8 Å². The fraction of sp³-hybridized carbons (Fsp3) is 0.600. The van der Waals surface area contributed by atoms with Gasteiger partial charge in [0.05, 0.1) is 4.90 Å². The molecule has 1 rings (SSSR count). The van der Waals surface area contributed by atoms with Crippen LogP contribution in [0.4, 0.5) is 0 Å². The van der Waals surface area contributed by atoms with E-state index in [1.165, 1.54) is 4.31 Å². The summed E-state index contributed by atoms with van der Waals surface area (Å²) >= 11 is 0. The fourth-order valence-electron chi connectivity index (χ4n) is 1.97. The third kappa shape index (κ3) is 4.04. The Kier molecular flexibility index (Phi) is 5.74. The van der Waals surface area contributed by atoms with Crippen molar-refractivity contribution in [1.82, 2.24) is 4.31 Å². The van der Waals surface area contributed by atoms with E-state index in [4.69, 9.17) is 5.11 Å². The minimum atomic E-state index is -3.46. The van der Waals surface area contributed by atoms with Crippen LogP contribution in [0.5, 0.6) is 0 Å². The zero-order chi connectivity index (χ0) is 15.4. The van der Waals surface area contributed by atoms with Crippen molar-refractivity contribution in [2.75, 3.05) is 19.7 Å². The molecule has 5 heteroatoms. The largest absolute Gasteiger partial charge is 0.396 e. The SMILES string of the molecule is CCN(CCCO)S(=O)(=O)c1ccc(C(C)(C)C)cc1. The third-order valence-electron chi connectivity index (χ3n) is 3.28. The molecule has 0 heterocycles. The predicted octanol–water partition coefficient (Wildman–Crippen LogP) is 2.38. The summed E-state index contributed by atoms with van der Waals surface area (Å²) in [6, 6.07) is 7.06. The van der Waals surface area contributed by atoms with E-state index in [0.29, 0.717) is 24.4 Å². The van der Waals surface area contributed by atoms with Gasteiger partial charge in [0.25, 0.3) is 0 Å². The van der Waals surface area contributed by atoms with Gasteiger partial charge in [0.1, 0.15) is 0 Å². The van der Waals surface area contributed by atoms with E-state index in [1.807, 2.05) is 12.1 Å². The van der Waals surface area contributed by atoms with Crippen molar-refractivity contribution in [1.29, 1.82) is 0 Å². The standard InChI is InChI=1S/C15H25NO3S/c1-5-16(11-6-12-17)20(18,19)14-9-7-13(8-10-14)15(2,3)4/h7-10,17H,5-6,11-12H2,1-4H3. The average molecular weight is 299 g/mol. The van der Waals surface area contributed by atoms with E-state index in [-0.39, 0.29) is 12.0 Å². The molecule has 20 heavy (non-hydrogen) atoms. The van der Waals surface area contributed by atoms with Gasteiger partial charge < -0.3 is 5.11 Å². The first kappa shape index (κ1) is 17.1. The van der Waals surface area contributed by atoms with Crippen LogP contribution in [0, 0.1) is 0 Å². The van der Waals surface area contributed by atoms with Crippen molar-refractivity contribution in [2.45, 2.75) is 44.4 Å². The molecule has 0 aliphatic rings. The van der Waals surface area contributed by atoms with Crippen molar-refractivity contribution in [3.63, 3.8) is 0 Å². The molecule has 0 saturated carbocycles. The van der Waals surface area contributed by atoms with Gasteiger partial charge in [0.15, 0.2) is 0 Å². The number of aliphatic hydroxyl groups excluding tert-OH is 1. The fourth-order valence-corrected chi connectivity index (χ4v) is 3.46. The Morgan fingerprint density at radius 3 is 2.10 bits per heavy atom. The molecule has 1 aromatic rings. The first-order chi connectivity index (χ1) is 9.23. The molecule has 0 aromatic heterocycles. The summed E-state index contributed by atoms with van der Waals surface area (Å²) in [4.78, 5) is 0.310. The highest BCUT2D eigenvalue weighted by atomic mass is 32.2. The van der Waals surface area contributed by atoms with Crippen molar-refractivity contribution < 1.29 is 13.5 Å². The predicted molar refractivity (Wildman–Crippen MR) is 81.3 cm³/mol. The molecular formula is C15H25NO3S. The van der Waals surface area contributed by atoms with Crippen LogP contribution in [0.1, 0.15) is 39.7 Å². The Bertz CT molecular complexity index is 515. The number of hydrogen-bond acceptors (Lipinski definition) is 3. The summed E-state index contributed by atoms with van der Waals surface area (Å²) in [5.74, 6) is 0. The van der Waals surface area contributed by atoms with Gasteiger partial charge in [-0.15, -0.1) is 0 Å². The highest BCUT2D eigenvalue weighted by molar-refractivity contribution is 7.89. The molecule has 1 aromatic carbocycles. The molecule has 0 saturated heterocycles. The number of rotatable bonds is 6. The quantitative estimate of drug-likeness (QED) is 0.877. The van der Waals surface area contributed by atoms with Crippen LogP contribution in [-0.2, 0) is 15.4 Å². The Balaban J connectivity index is 3.03. The second-order valence-corrected chi connectivity index (χ2v) is 7.79. The molecule has 1 N–H and O–H groups in total. The van der Waals surface area contributed by atoms with Gasteiger partial charge in [-0.3, -0.25) is 0 Å². The molecule has 4 nitrogen and oxygen atoms in total. The minimum absolute atomic E-state index is 0.00359. The van der Waals surface area contributed by atoms with E-state index >= 15 is 0 Å². The second-order valence-electron chi connectivity index (χ2n) is 5.85. The lowest BCUT2D eigenvalue weighted by molar-refractivity contribution is 0.271. The van der Waals surface area contributed by atoms with Crippen LogP contribution in [-0.4, -0.2) is 37.5 Å². The van der Waals surface area contributed by atoms with E-state index in [2.05, 4.69) is 20.8 Å². The maximum Gasteiger partial charge on any atom is 0.243 e. The number of nitrogens with zero attached hydrogens (tertiary/aromatic N) is 1. The van der Waals surface area contributed by atoms with Crippen LogP contribution in [0.15, 0.2) is 29.2 Å². The second kappa shape index (κ2) is 6.70. The topological polar surface area (TPSA) is 57.6 Å². The molecule has 0 radical (unpaired) electrons. The highest BCUT2D eigenvalue weighted by Gasteiger charge is 2.23. The van der Waals surface area contributed by atoms with Crippen molar-refractivity contribution in [2.24, 2.45) is 0 Å².